The van der Waals surface area contributed by atoms with Crippen molar-refractivity contribution in [3.63, 3.8) is 0 Å². The molecule has 1 aliphatic heterocycles. The van der Waals surface area contributed by atoms with Crippen LogP contribution in [0.25, 0.3) is 22.4 Å². The number of pyridine rings is 1. The lowest BCUT2D eigenvalue weighted by Crippen LogP contribution is -2.44. The number of fused-ring (bicyclic) bond motifs is 1. The molecule has 0 bridgehead atoms. The molecule has 3 aromatic heterocycles. The molecule has 9 nitrogen and oxygen atoms in total. The van der Waals surface area contributed by atoms with Crippen molar-refractivity contribution in [1.29, 1.82) is 0 Å². The number of likely N-dealkylation sites (tertiary alicyclic amines) is 1. The summed E-state index contributed by atoms with van der Waals surface area (Å²) < 4.78 is 14.6. The average Bonchev–Trinajstić information content (AvgIpc) is 3.31. The van der Waals surface area contributed by atoms with Crippen LogP contribution in [0.4, 0.5) is 20.7 Å². The number of Topliss-reactive ketones (excluding diaryl/α,β-unsaturated/α-hetero) is 1. The minimum Gasteiger partial charge on any atom is -0.367 e. The molecule has 190 valence electrons. The first-order valence-electron chi connectivity index (χ1n) is 11.9. The molecule has 1 fully saturated rings. The second-order valence-corrected chi connectivity index (χ2v) is 9.48. The highest BCUT2D eigenvalue weighted by Gasteiger charge is 2.24. The fraction of sp³-hybridized carbons (Fsp3) is 0.269. The highest BCUT2D eigenvalue weighted by Crippen LogP contribution is 2.28. The van der Waals surface area contributed by atoms with Crippen molar-refractivity contribution in [2.75, 3.05) is 30.3 Å². The number of nitrogens with one attached hydrogen (secondary N) is 3. The fourth-order valence-corrected chi connectivity index (χ4v) is 4.62. The number of halogens is 2. The Labute approximate surface area is 217 Å². The summed E-state index contributed by atoms with van der Waals surface area (Å²) in [6.45, 7) is 3.06. The molecule has 0 radical (unpaired) electrons. The molecule has 1 aliphatic rings. The highest BCUT2D eigenvalue weighted by molar-refractivity contribution is 6.31. The maximum absolute atomic E-state index is 14.6. The van der Waals surface area contributed by atoms with Gasteiger partial charge in [0.2, 0.25) is 0 Å². The number of amides is 2. The Balaban J connectivity index is 1.24. The van der Waals surface area contributed by atoms with Gasteiger partial charge in [0.1, 0.15) is 5.65 Å². The van der Waals surface area contributed by atoms with Gasteiger partial charge in [0, 0.05) is 54.2 Å². The van der Waals surface area contributed by atoms with Gasteiger partial charge in [-0.05, 0) is 43.9 Å². The maximum atomic E-state index is 14.6. The summed E-state index contributed by atoms with van der Waals surface area (Å²) in [5.74, 6) is -0.0772. The zero-order chi connectivity index (χ0) is 25.9. The van der Waals surface area contributed by atoms with Crippen molar-refractivity contribution in [2.45, 2.75) is 19.8 Å². The van der Waals surface area contributed by atoms with Crippen LogP contribution in [0.1, 0.15) is 30.1 Å². The third kappa shape index (κ3) is 5.54. The Hall–Kier alpha value is -4.05. The second kappa shape index (κ2) is 10.5. The Kier molecular flexibility index (Phi) is 7.00. The Morgan fingerprint density at radius 1 is 1.24 bits per heavy atom. The van der Waals surface area contributed by atoms with Gasteiger partial charge in [0.25, 0.3) is 0 Å². The van der Waals surface area contributed by atoms with E-state index < -0.39 is 5.82 Å². The van der Waals surface area contributed by atoms with Gasteiger partial charge in [-0.25, -0.2) is 24.1 Å². The molecule has 5 rings (SSSR count). The first-order valence-corrected chi connectivity index (χ1v) is 12.3. The van der Waals surface area contributed by atoms with Gasteiger partial charge in [0.15, 0.2) is 23.2 Å². The third-order valence-corrected chi connectivity index (χ3v) is 6.57. The molecule has 0 aliphatic carbocycles. The molecule has 2 amide bonds. The number of aromatic nitrogens is 4. The molecule has 1 unspecified atom stereocenters. The van der Waals surface area contributed by atoms with Crippen molar-refractivity contribution in [1.82, 2.24) is 24.8 Å². The lowest BCUT2D eigenvalue weighted by atomic mass is 9.98. The van der Waals surface area contributed by atoms with Gasteiger partial charge in [-0.3, -0.25) is 4.79 Å². The molecule has 4 aromatic rings. The van der Waals surface area contributed by atoms with Gasteiger partial charge in [0.05, 0.1) is 11.2 Å². The molecule has 3 N–H and O–H groups in total. The van der Waals surface area contributed by atoms with Crippen LogP contribution in [0.2, 0.25) is 5.02 Å². The van der Waals surface area contributed by atoms with Crippen LogP contribution in [0.15, 0.2) is 48.9 Å². The molecule has 37 heavy (non-hydrogen) atoms. The van der Waals surface area contributed by atoms with E-state index in [0.29, 0.717) is 52.9 Å². The number of rotatable bonds is 6. The first kappa shape index (κ1) is 24.6. The molecule has 1 aromatic carbocycles. The Morgan fingerprint density at radius 3 is 2.95 bits per heavy atom. The Bertz CT molecular complexity index is 1470. The number of hydrogen-bond donors (Lipinski definition) is 3. The maximum Gasteiger partial charge on any atom is 0.321 e. The van der Waals surface area contributed by atoms with Crippen molar-refractivity contribution in [2.24, 2.45) is 5.92 Å². The van der Waals surface area contributed by atoms with Crippen LogP contribution in [0, 0.1) is 11.7 Å². The number of hydrogen-bond acceptors (Lipinski definition) is 6. The number of ketones is 1. The lowest BCUT2D eigenvalue weighted by Gasteiger charge is -2.33. The van der Waals surface area contributed by atoms with E-state index in [1.807, 2.05) is 0 Å². The number of carbonyl (C=O) groups excluding carboxylic acids is 2. The van der Waals surface area contributed by atoms with Crippen LogP contribution in [-0.2, 0) is 0 Å². The summed E-state index contributed by atoms with van der Waals surface area (Å²) in [4.78, 5) is 42.0. The van der Waals surface area contributed by atoms with E-state index in [1.165, 1.54) is 6.92 Å². The number of aromatic amines is 1. The van der Waals surface area contributed by atoms with E-state index in [-0.39, 0.29) is 23.6 Å². The molecule has 11 heteroatoms. The zero-order valence-electron chi connectivity index (χ0n) is 20.1. The summed E-state index contributed by atoms with van der Waals surface area (Å²) in [6.07, 6.45) is 6.11. The molecule has 4 heterocycles. The Morgan fingerprint density at radius 2 is 2.11 bits per heavy atom. The monoisotopic (exact) mass is 521 g/mol. The topological polar surface area (TPSA) is 116 Å². The van der Waals surface area contributed by atoms with Crippen LogP contribution in [-0.4, -0.2) is 56.3 Å². The van der Waals surface area contributed by atoms with Crippen LogP contribution in [0.3, 0.4) is 0 Å². The van der Waals surface area contributed by atoms with E-state index in [0.717, 1.165) is 24.4 Å². The standard InChI is InChI=1S/C26H25ClFN7O2/c1-15(36)17-5-2-6-19(8-17)33-26(37)35-7-3-4-16(14-35)10-29-25-22(28)13-32-24(34-25)21-12-31-23-20(21)9-18(27)11-30-23/h2,5-6,8-9,11-13,16H,3-4,7,10,14H2,1H3,(H,30,31)(H,33,37)(H,29,32,34). The van der Waals surface area contributed by atoms with Gasteiger partial charge in [-0.1, -0.05) is 23.7 Å². The largest absolute Gasteiger partial charge is 0.367 e. The van der Waals surface area contributed by atoms with E-state index >= 15 is 0 Å². The molecule has 1 atom stereocenters. The fourth-order valence-electron chi connectivity index (χ4n) is 4.46. The van der Waals surface area contributed by atoms with E-state index in [2.05, 4.69) is 30.6 Å². The molecule has 0 spiro atoms. The number of nitrogens with zero attached hydrogens (tertiary/aromatic N) is 4. The zero-order valence-corrected chi connectivity index (χ0v) is 20.8. The predicted molar refractivity (Wildman–Crippen MR) is 140 cm³/mol. The SMILES string of the molecule is CC(=O)c1cccc(NC(=O)N2CCCC(CNc3nc(-c4c[nH]c5ncc(Cl)cc45)ncc3F)C2)c1. The molecular weight excluding hydrogens is 497 g/mol. The summed E-state index contributed by atoms with van der Waals surface area (Å²) in [5.41, 5.74) is 2.41. The minimum absolute atomic E-state index is 0.0644. The van der Waals surface area contributed by atoms with E-state index in [9.17, 15) is 14.0 Å². The number of piperidine rings is 1. The smallest absolute Gasteiger partial charge is 0.321 e. The summed E-state index contributed by atoms with van der Waals surface area (Å²) >= 11 is 6.09. The van der Waals surface area contributed by atoms with Crippen LogP contribution < -0.4 is 10.6 Å². The number of urea groups is 1. The predicted octanol–water partition coefficient (Wildman–Crippen LogP) is 5.37. The van der Waals surface area contributed by atoms with Gasteiger partial charge in [-0.15, -0.1) is 0 Å². The van der Waals surface area contributed by atoms with Crippen molar-refractivity contribution in [3.05, 3.63) is 65.3 Å². The number of anilines is 2. The van der Waals surface area contributed by atoms with E-state index in [1.54, 1.807) is 47.6 Å². The number of carbonyl (C=O) groups is 2. The van der Waals surface area contributed by atoms with Crippen molar-refractivity contribution in [3.8, 4) is 11.4 Å². The number of H-pyrrole nitrogens is 1. The highest BCUT2D eigenvalue weighted by atomic mass is 35.5. The van der Waals surface area contributed by atoms with Crippen molar-refractivity contribution >= 4 is 46.0 Å². The average molecular weight is 522 g/mol. The molecular formula is C26H25ClFN7O2. The third-order valence-electron chi connectivity index (χ3n) is 6.37. The number of benzene rings is 1. The van der Waals surface area contributed by atoms with E-state index in [4.69, 9.17) is 11.6 Å². The van der Waals surface area contributed by atoms with Crippen LogP contribution >= 0.6 is 11.6 Å². The van der Waals surface area contributed by atoms with Gasteiger partial charge < -0.3 is 20.5 Å². The quantitative estimate of drug-likeness (QED) is 0.294. The normalized spacial score (nSPS) is 15.5. The summed E-state index contributed by atoms with van der Waals surface area (Å²) in [6, 6.07) is 8.39. The lowest BCUT2D eigenvalue weighted by molar-refractivity contribution is 0.101. The van der Waals surface area contributed by atoms with Gasteiger partial charge >= 0.3 is 6.03 Å². The van der Waals surface area contributed by atoms with Crippen LogP contribution in [0.5, 0.6) is 0 Å². The summed E-state index contributed by atoms with van der Waals surface area (Å²) in [5, 5.41) is 7.19. The van der Waals surface area contributed by atoms with Crippen molar-refractivity contribution < 1.29 is 14.0 Å². The summed E-state index contributed by atoms with van der Waals surface area (Å²) in [7, 11) is 0. The second-order valence-electron chi connectivity index (χ2n) is 9.04. The molecule has 0 saturated carbocycles. The van der Waals surface area contributed by atoms with Gasteiger partial charge in [-0.2, -0.15) is 0 Å². The minimum atomic E-state index is -0.560. The first-order chi connectivity index (χ1) is 17.9. The molecule has 1 saturated heterocycles.